The predicted molar refractivity (Wildman–Crippen MR) is 87.4 cm³/mol. The second-order valence-electron chi connectivity index (χ2n) is 6.06. The van der Waals surface area contributed by atoms with Gasteiger partial charge in [-0.2, -0.15) is 0 Å². The standard InChI is InChI=1S/C16H23N5O2/c22-15(18-10-8-13-5-3-6-13)17-9-4-12-21-16(23)20-11-2-1-7-14(20)19-21/h1-2,7,11,13H,3-6,8-10,12H2,(H2,17,18,22). The summed E-state index contributed by atoms with van der Waals surface area (Å²) in [5.74, 6) is 0.803. The van der Waals surface area contributed by atoms with E-state index in [0.29, 0.717) is 25.2 Å². The van der Waals surface area contributed by atoms with E-state index in [-0.39, 0.29) is 11.7 Å². The average Bonchev–Trinajstić information content (AvgIpc) is 2.83. The Morgan fingerprint density at radius 3 is 2.83 bits per heavy atom. The fourth-order valence-corrected chi connectivity index (χ4v) is 2.78. The van der Waals surface area contributed by atoms with Crippen molar-refractivity contribution in [3.05, 3.63) is 34.9 Å². The fourth-order valence-electron chi connectivity index (χ4n) is 2.78. The number of carbonyl (C=O) groups excluding carboxylic acids is 1. The second kappa shape index (κ2) is 7.30. The lowest BCUT2D eigenvalue weighted by molar-refractivity contribution is 0.236. The molecule has 1 aliphatic carbocycles. The summed E-state index contributed by atoms with van der Waals surface area (Å²) in [4.78, 5) is 23.7. The number of nitrogens with zero attached hydrogens (tertiary/aromatic N) is 3. The summed E-state index contributed by atoms with van der Waals surface area (Å²) in [7, 11) is 0. The number of nitrogens with one attached hydrogen (secondary N) is 2. The Hall–Kier alpha value is -2.31. The van der Waals surface area contributed by atoms with Crippen LogP contribution in [0.1, 0.15) is 32.1 Å². The van der Waals surface area contributed by atoms with E-state index in [9.17, 15) is 9.59 Å². The van der Waals surface area contributed by atoms with Gasteiger partial charge in [0, 0.05) is 25.8 Å². The molecule has 3 rings (SSSR count). The van der Waals surface area contributed by atoms with Crippen LogP contribution in [-0.4, -0.2) is 33.3 Å². The van der Waals surface area contributed by atoms with Crippen LogP contribution in [0.15, 0.2) is 29.2 Å². The maximum atomic E-state index is 12.1. The van der Waals surface area contributed by atoms with Crippen LogP contribution in [0.5, 0.6) is 0 Å². The van der Waals surface area contributed by atoms with E-state index in [2.05, 4.69) is 15.7 Å². The molecule has 7 nitrogen and oxygen atoms in total. The zero-order valence-electron chi connectivity index (χ0n) is 13.2. The van der Waals surface area contributed by atoms with Crippen LogP contribution >= 0.6 is 0 Å². The molecule has 2 aromatic heterocycles. The Morgan fingerprint density at radius 1 is 1.26 bits per heavy atom. The molecule has 124 valence electrons. The molecule has 2 amide bonds. The minimum Gasteiger partial charge on any atom is -0.338 e. The molecule has 0 radical (unpaired) electrons. The molecule has 0 spiro atoms. The summed E-state index contributed by atoms with van der Waals surface area (Å²) >= 11 is 0. The van der Waals surface area contributed by atoms with E-state index in [1.165, 1.54) is 28.3 Å². The minimum atomic E-state index is -0.148. The first-order valence-electron chi connectivity index (χ1n) is 8.30. The molecular formula is C16H23N5O2. The maximum Gasteiger partial charge on any atom is 0.350 e. The quantitative estimate of drug-likeness (QED) is 0.757. The van der Waals surface area contributed by atoms with Gasteiger partial charge in [-0.25, -0.2) is 14.3 Å². The van der Waals surface area contributed by atoms with Gasteiger partial charge in [0.15, 0.2) is 5.65 Å². The number of hydrogen-bond donors (Lipinski definition) is 2. The predicted octanol–water partition coefficient (Wildman–Crippen LogP) is 1.38. The first-order valence-corrected chi connectivity index (χ1v) is 8.30. The van der Waals surface area contributed by atoms with Crippen molar-refractivity contribution in [3.63, 3.8) is 0 Å². The van der Waals surface area contributed by atoms with E-state index in [0.717, 1.165) is 18.9 Å². The average molecular weight is 317 g/mol. The van der Waals surface area contributed by atoms with E-state index < -0.39 is 0 Å². The molecule has 1 fully saturated rings. The van der Waals surface area contributed by atoms with Gasteiger partial charge in [0.2, 0.25) is 0 Å². The normalized spacial score (nSPS) is 14.6. The zero-order valence-corrected chi connectivity index (χ0v) is 13.2. The summed E-state index contributed by atoms with van der Waals surface area (Å²) < 4.78 is 2.95. The highest BCUT2D eigenvalue weighted by molar-refractivity contribution is 5.73. The Bertz CT molecular complexity index is 717. The van der Waals surface area contributed by atoms with Crippen molar-refractivity contribution in [1.82, 2.24) is 24.8 Å². The van der Waals surface area contributed by atoms with Crippen molar-refractivity contribution >= 4 is 11.7 Å². The molecule has 7 heteroatoms. The van der Waals surface area contributed by atoms with Gasteiger partial charge in [0.25, 0.3) is 0 Å². The Morgan fingerprint density at radius 2 is 2.09 bits per heavy atom. The number of urea groups is 1. The van der Waals surface area contributed by atoms with Crippen molar-refractivity contribution in [2.45, 2.75) is 38.6 Å². The third-order valence-corrected chi connectivity index (χ3v) is 4.38. The van der Waals surface area contributed by atoms with Gasteiger partial charge in [-0.15, -0.1) is 5.10 Å². The largest absolute Gasteiger partial charge is 0.350 e. The number of aryl methyl sites for hydroxylation is 1. The molecule has 23 heavy (non-hydrogen) atoms. The Labute approximate surface area is 134 Å². The number of rotatable bonds is 7. The number of hydrogen-bond acceptors (Lipinski definition) is 3. The number of pyridine rings is 1. The van der Waals surface area contributed by atoms with Crippen LogP contribution in [0, 0.1) is 5.92 Å². The summed E-state index contributed by atoms with van der Waals surface area (Å²) in [6, 6.07) is 5.31. The van der Waals surface area contributed by atoms with Crippen molar-refractivity contribution in [1.29, 1.82) is 0 Å². The SMILES string of the molecule is O=C(NCCCn1nc2ccccn2c1=O)NCCC1CCC1. The molecule has 0 unspecified atom stereocenters. The molecule has 2 heterocycles. The first-order chi connectivity index (χ1) is 11.2. The Kier molecular flexibility index (Phi) is 4.95. The van der Waals surface area contributed by atoms with E-state index in [1.54, 1.807) is 18.3 Å². The van der Waals surface area contributed by atoms with Gasteiger partial charge < -0.3 is 10.6 Å². The van der Waals surface area contributed by atoms with Crippen LogP contribution in [0.3, 0.4) is 0 Å². The number of amides is 2. The van der Waals surface area contributed by atoms with E-state index >= 15 is 0 Å². The summed E-state index contributed by atoms with van der Waals surface area (Å²) in [6.45, 7) is 1.75. The van der Waals surface area contributed by atoms with Gasteiger partial charge in [0.05, 0.1) is 0 Å². The van der Waals surface area contributed by atoms with Crippen LogP contribution in [0.4, 0.5) is 4.79 Å². The lowest BCUT2D eigenvalue weighted by atomic mass is 9.83. The third-order valence-electron chi connectivity index (χ3n) is 4.38. The van der Waals surface area contributed by atoms with Crippen molar-refractivity contribution < 1.29 is 4.79 Å². The molecule has 1 aliphatic rings. The van der Waals surface area contributed by atoms with Gasteiger partial charge in [-0.1, -0.05) is 25.3 Å². The second-order valence-corrected chi connectivity index (χ2v) is 6.06. The van der Waals surface area contributed by atoms with Crippen molar-refractivity contribution in [2.75, 3.05) is 13.1 Å². The number of carbonyl (C=O) groups is 1. The molecule has 0 bridgehead atoms. The van der Waals surface area contributed by atoms with Gasteiger partial charge >= 0.3 is 11.7 Å². The Balaban J connectivity index is 1.36. The molecular weight excluding hydrogens is 294 g/mol. The van der Waals surface area contributed by atoms with Crippen LogP contribution in [-0.2, 0) is 6.54 Å². The molecule has 0 aliphatic heterocycles. The summed E-state index contributed by atoms with van der Waals surface area (Å²) in [5, 5.41) is 9.94. The molecule has 1 saturated carbocycles. The topological polar surface area (TPSA) is 80.4 Å². The molecule has 0 atom stereocenters. The van der Waals surface area contributed by atoms with Crippen LogP contribution in [0.2, 0.25) is 0 Å². The lowest BCUT2D eigenvalue weighted by Gasteiger charge is -2.25. The van der Waals surface area contributed by atoms with E-state index in [1.807, 2.05) is 6.07 Å². The first kappa shape index (κ1) is 15.6. The van der Waals surface area contributed by atoms with Gasteiger partial charge in [-0.05, 0) is 30.9 Å². The fraction of sp³-hybridized carbons (Fsp3) is 0.562. The number of fused-ring (bicyclic) bond motifs is 1. The summed E-state index contributed by atoms with van der Waals surface area (Å²) in [5.41, 5.74) is 0.491. The maximum absolute atomic E-state index is 12.1. The number of aromatic nitrogens is 3. The van der Waals surface area contributed by atoms with Gasteiger partial charge in [0.1, 0.15) is 0 Å². The van der Waals surface area contributed by atoms with Crippen molar-refractivity contribution in [3.8, 4) is 0 Å². The van der Waals surface area contributed by atoms with Crippen LogP contribution in [0.25, 0.3) is 5.65 Å². The minimum absolute atomic E-state index is 0.133. The van der Waals surface area contributed by atoms with Crippen molar-refractivity contribution in [2.24, 2.45) is 5.92 Å². The van der Waals surface area contributed by atoms with Gasteiger partial charge in [-0.3, -0.25) is 4.40 Å². The zero-order chi connectivity index (χ0) is 16.1. The molecule has 2 aromatic rings. The highest BCUT2D eigenvalue weighted by atomic mass is 16.2. The molecule has 2 N–H and O–H groups in total. The van der Waals surface area contributed by atoms with E-state index in [4.69, 9.17) is 0 Å². The smallest absolute Gasteiger partial charge is 0.338 e. The highest BCUT2D eigenvalue weighted by Crippen LogP contribution is 2.28. The highest BCUT2D eigenvalue weighted by Gasteiger charge is 2.16. The molecule has 0 aromatic carbocycles. The molecule has 0 saturated heterocycles. The summed E-state index contributed by atoms with van der Waals surface area (Å²) in [6.07, 6.45) is 7.38. The van der Waals surface area contributed by atoms with Crippen LogP contribution < -0.4 is 16.3 Å². The lowest BCUT2D eigenvalue weighted by Crippen LogP contribution is -2.37. The monoisotopic (exact) mass is 317 g/mol. The third kappa shape index (κ3) is 3.91.